The smallest absolute Gasteiger partial charge is 0.314 e. The van der Waals surface area contributed by atoms with Crippen molar-refractivity contribution >= 4 is 5.97 Å². The van der Waals surface area contributed by atoms with E-state index in [4.69, 9.17) is 4.74 Å². The Bertz CT molecular complexity index is 493. The summed E-state index contributed by atoms with van der Waals surface area (Å²) in [7, 11) is 0. The van der Waals surface area contributed by atoms with E-state index in [-0.39, 0.29) is 6.42 Å². The van der Waals surface area contributed by atoms with Crippen LogP contribution in [0.4, 0.5) is 0 Å². The minimum absolute atomic E-state index is 0.225. The predicted octanol–water partition coefficient (Wildman–Crippen LogP) is 2.73. The van der Waals surface area contributed by atoms with Gasteiger partial charge in [-0.05, 0) is 25.3 Å². The van der Waals surface area contributed by atoms with Gasteiger partial charge in [0.2, 0.25) is 0 Å². The SMILES string of the molecule is CCC(O)(CC)CC1(C(=O)O)CCOc2ccccc21. The van der Waals surface area contributed by atoms with Gasteiger partial charge in [0.15, 0.2) is 0 Å². The first-order chi connectivity index (χ1) is 9.47. The van der Waals surface area contributed by atoms with Gasteiger partial charge < -0.3 is 14.9 Å². The maximum Gasteiger partial charge on any atom is 0.314 e. The van der Waals surface area contributed by atoms with Gasteiger partial charge in [0.1, 0.15) is 11.2 Å². The van der Waals surface area contributed by atoms with Crippen LogP contribution >= 0.6 is 0 Å². The van der Waals surface area contributed by atoms with Crippen LogP contribution in [0.5, 0.6) is 5.75 Å². The molecule has 1 aliphatic rings. The number of ether oxygens (including phenoxy) is 1. The van der Waals surface area contributed by atoms with Crippen LogP contribution in [0.3, 0.4) is 0 Å². The van der Waals surface area contributed by atoms with Gasteiger partial charge in [-0.3, -0.25) is 4.79 Å². The van der Waals surface area contributed by atoms with Gasteiger partial charge in [-0.15, -0.1) is 0 Å². The number of rotatable bonds is 5. The van der Waals surface area contributed by atoms with Crippen molar-refractivity contribution in [1.29, 1.82) is 0 Å². The third-order valence-corrected chi connectivity index (χ3v) is 4.55. The minimum Gasteiger partial charge on any atom is -0.493 e. The molecule has 0 fully saturated rings. The summed E-state index contributed by atoms with van der Waals surface area (Å²) in [6.45, 7) is 4.15. The summed E-state index contributed by atoms with van der Waals surface area (Å²) in [4.78, 5) is 12.0. The topological polar surface area (TPSA) is 66.8 Å². The molecule has 1 heterocycles. The highest BCUT2D eigenvalue weighted by atomic mass is 16.5. The van der Waals surface area contributed by atoms with E-state index in [1.165, 1.54) is 0 Å². The highest BCUT2D eigenvalue weighted by Crippen LogP contribution is 2.45. The van der Waals surface area contributed by atoms with Crippen LogP contribution in [0.25, 0.3) is 0 Å². The fraction of sp³-hybridized carbons (Fsp3) is 0.562. The van der Waals surface area contributed by atoms with Crippen LogP contribution in [0.1, 0.15) is 45.1 Å². The molecular weight excluding hydrogens is 256 g/mol. The number of para-hydroxylation sites is 1. The van der Waals surface area contributed by atoms with E-state index in [9.17, 15) is 15.0 Å². The largest absolute Gasteiger partial charge is 0.493 e. The van der Waals surface area contributed by atoms with E-state index in [1.807, 2.05) is 26.0 Å². The highest BCUT2D eigenvalue weighted by Gasteiger charge is 2.48. The van der Waals surface area contributed by atoms with Crippen molar-refractivity contribution in [2.24, 2.45) is 0 Å². The average Bonchev–Trinajstić information content (AvgIpc) is 2.47. The summed E-state index contributed by atoms with van der Waals surface area (Å²) in [6.07, 6.45) is 1.70. The zero-order chi connectivity index (χ0) is 14.8. The van der Waals surface area contributed by atoms with E-state index in [1.54, 1.807) is 12.1 Å². The van der Waals surface area contributed by atoms with E-state index in [0.29, 0.717) is 37.2 Å². The number of aliphatic carboxylic acids is 1. The van der Waals surface area contributed by atoms with Crippen molar-refractivity contribution < 1.29 is 19.7 Å². The average molecular weight is 278 g/mol. The van der Waals surface area contributed by atoms with Gasteiger partial charge in [0, 0.05) is 12.0 Å². The standard InChI is InChI=1S/C16H22O4/c1-3-15(19,4-2)11-16(14(17)18)9-10-20-13-8-6-5-7-12(13)16/h5-8,19H,3-4,9-11H2,1-2H3,(H,17,18). The van der Waals surface area contributed by atoms with E-state index < -0.39 is 17.0 Å². The maximum atomic E-state index is 12.0. The minimum atomic E-state index is -1.06. The molecule has 0 saturated heterocycles. The molecule has 0 aromatic heterocycles. The molecule has 4 heteroatoms. The van der Waals surface area contributed by atoms with Crippen LogP contribution in [0.15, 0.2) is 24.3 Å². The van der Waals surface area contributed by atoms with Crippen LogP contribution < -0.4 is 4.74 Å². The number of benzene rings is 1. The van der Waals surface area contributed by atoms with Crippen molar-refractivity contribution in [3.8, 4) is 5.75 Å². The zero-order valence-electron chi connectivity index (χ0n) is 12.1. The summed E-state index contributed by atoms with van der Waals surface area (Å²) in [5.74, 6) is -0.260. The van der Waals surface area contributed by atoms with Gasteiger partial charge in [-0.1, -0.05) is 32.0 Å². The van der Waals surface area contributed by atoms with Gasteiger partial charge in [0.05, 0.1) is 12.2 Å². The maximum absolute atomic E-state index is 12.0. The molecule has 0 saturated carbocycles. The summed E-state index contributed by atoms with van der Waals surface area (Å²) in [5.41, 5.74) is -1.34. The van der Waals surface area contributed by atoms with Gasteiger partial charge in [0.25, 0.3) is 0 Å². The number of hydrogen-bond acceptors (Lipinski definition) is 3. The highest BCUT2D eigenvalue weighted by molar-refractivity contribution is 5.83. The Balaban J connectivity index is 2.50. The summed E-state index contributed by atoms with van der Waals surface area (Å²) in [5, 5.41) is 20.4. The van der Waals surface area contributed by atoms with Gasteiger partial charge >= 0.3 is 5.97 Å². The van der Waals surface area contributed by atoms with Crippen LogP contribution in [0.2, 0.25) is 0 Å². The molecule has 1 atom stereocenters. The van der Waals surface area contributed by atoms with E-state index in [2.05, 4.69) is 0 Å². The lowest BCUT2D eigenvalue weighted by atomic mass is 9.68. The lowest BCUT2D eigenvalue weighted by Gasteiger charge is -2.40. The first-order valence-corrected chi connectivity index (χ1v) is 7.15. The Morgan fingerprint density at radius 1 is 1.35 bits per heavy atom. The van der Waals surface area contributed by atoms with E-state index in [0.717, 1.165) is 0 Å². The lowest BCUT2D eigenvalue weighted by Crippen LogP contribution is -2.47. The second-order valence-electron chi connectivity index (χ2n) is 5.59. The Morgan fingerprint density at radius 2 is 2.00 bits per heavy atom. The van der Waals surface area contributed by atoms with E-state index >= 15 is 0 Å². The molecule has 1 aromatic carbocycles. The summed E-state index contributed by atoms with van der Waals surface area (Å²) < 4.78 is 5.57. The molecule has 2 rings (SSSR count). The second kappa shape index (κ2) is 5.44. The molecule has 0 spiro atoms. The molecule has 1 aromatic rings. The summed E-state index contributed by atoms with van der Waals surface area (Å²) in [6, 6.07) is 7.25. The molecule has 20 heavy (non-hydrogen) atoms. The molecule has 1 unspecified atom stereocenters. The molecular formula is C16H22O4. The van der Waals surface area contributed by atoms with Crippen LogP contribution in [0, 0.1) is 0 Å². The van der Waals surface area contributed by atoms with Crippen LogP contribution in [-0.4, -0.2) is 28.4 Å². The Morgan fingerprint density at radius 3 is 2.60 bits per heavy atom. The molecule has 0 amide bonds. The summed E-state index contributed by atoms with van der Waals surface area (Å²) >= 11 is 0. The van der Waals surface area contributed by atoms with Crippen molar-refractivity contribution in [2.45, 2.75) is 50.5 Å². The molecule has 0 radical (unpaired) electrons. The fourth-order valence-electron chi connectivity index (χ4n) is 3.00. The molecule has 1 aliphatic heterocycles. The molecule has 0 bridgehead atoms. The Kier molecular flexibility index (Phi) is 4.04. The zero-order valence-corrected chi connectivity index (χ0v) is 12.1. The Hall–Kier alpha value is -1.55. The molecule has 110 valence electrons. The predicted molar refractivity (Wildman–Crippen MR) is 76.0 cm³/mol. The monoisotopic (exact) mass is 278 g/mol. The first kappa shape index (κ1) is 14.9. The lowest BCUT2D eigenvalue weighted by molar-refractivity contribution is -0.149. The Labute approximate surface area is 119 Å². The van der Waals surface area contributed by atoms with Crippen LogP contribution in [-0.2, 0) is 10.2 Å². The third kappa shape index (κ3) is 2.40. The molecule has 2 N–H and O–H groups in total. The number of carboxylic acids is 1. The molecule has 4 nitrogen and oxygen atoms in total. The number of carboxylic acid groups (broad SMARTS) is 1. The third-order valence-electron chi connectivity index (χ3n) is 4.55. The number of hydrogen-bond donors (Lipinski definition) is 2. The molecule has 0 aliphatic carbocycles. The van der Waals surface area contributed by atoms with Crippen molar-refractivity contribution in [2.75, 3.05) is 6.61 Å². The van der Waals surface area contributed by atoms with Crippen molar-refractivity contribution in [3.63, 3.8) is 0 Å². The van der Waals surface area contributed by atoms with Gasteiger partial charge in [-0.2, -0.15) is 0 Å². The second-order valence-corrected chi connectivity index (χ2v) is 5.59. The number of carbonyl (C=O) groups is 1. The number of aliphatic hydroxyl groups is 1. The number of fused-ring (bicyclic) bond motifs is 1. The quantitative estimate of drug-likeness (QED) is 0.869. The van der Waals surface area contributed by atoms with Gasteiger partial charge in [-0.25, -0.2) is 0 Å². The normalized spacial score (nSPS) is 21.9. The van der Waals surface area contributed by atoms with Crippen molar-refractivity contribution in [3.05, 3.63) is 29.8 Å². The van der Waals surface area contributed by atoms with Crippen molar-refractivity contribution in [1.82, 2.24) is 0 Å². The fourth-order valence-corrected chi connectivity index (χ4v) is 3.00. The first-order valence-electron chi connectivity index (χ1n) is 7.15.